The van der Waals surface area contributed by atoms with Crippen LogP contribution in [0.4, 0.5) is 5.69 Å². The van der Waals surface area contributed by atoms with Crippen molar-refractivity contribution < 1.29 is 14.3 Å². The number of carbonyl (C=O) groups excluding carboxylic acids is 2. The second-order valence-corrected chi connectivity index (χ2v) is 7.82. The van der Waals surface area contributed by atoms with Crippen molar-refractivity contribution in [1.82, 2.24) is 5.32 Å². The Hall–Kier alpha value is -2.82. The van der Waals surface area contributed by atoms with Crippen molar-refractivity contribution in [2.45, 2.75) is 53.0 Å². The third-order valence-electron chi connectivity index (χ3n) is 4.94. The lowest BCUT2D eigenvalue weighted by Crippen LogP contribution is -2.40. The van der Waals surface area contributed by atoms with E-state index in [9.17, 15) is 9.59 Å². The molecule has 5 nitrogen and oxygen atoms in total. The average molecular weight is 397 g/mol. The molecule has 2 amide bonds. The summed E-state index contributed by atoms with van der Waals surface area (Å²) in [5.74, 6) is 0.930. The van der Waals surface area contributed by atoms with Gasteiger partial charge in [0, 0.05) is 13.5 Å². The van der Waals surface area contributed by atoms with E-state index in [1.807, 2.05) is 42.5 Å². The van der Waals surface area contributed by atoms with Crippen molar-refractivity contribution in [3.05, 3.63) is 59.2 Å². The highest BCUT2D eigenvalue weighted by molar-refractivity contribution is 5.99. The van der Waals surface area contributed by atoms with Gasteiger partial charge in [0.05, 0.1) is 12.8 Å². The number of carbonyl (C=O) groups is 2. The van der Waals surface area contributed by atoms with E-state index in [0.29, 0.717) is 6.54 Å². The van der Waals surface area contributed by atoms with Gasteiger partial charge in [-0.2, -0.15) is 0 Å². The minimum absolute atomic E-state index is 0.00502. The largest absolute Gasteiger partial charge is 0.497 e. The minimum Gasteiger partial charge on any atom is -0.497 e. The molecule has 0 saturated heterocycles. The monoisotopic (exact) mass is 396 g/mol. The van der Waals surface area contributed by atoms with Crippen LogP contribution >= 0.6 is 0 Å². The van der Waals surface area contributed by atoms with Crippen LogP contribution in [0, 0.1) is 0 Å². The Morgan fingerprint density at radius 3 is 1.97 bits per heavy atom. The summed E-state index contributed by atoms with van der Waals surface area (Å²) in [6, 6.07) is 13.6. The molecule has 156 valence electrons. The van der Waals surface area contributed by atoms with Gasteiger partial charge in [-0.3, -0.25) is 9.59 Å². The van der Waals surface area contributed by atoms with E-state index in [1.165, 1.54) is 6.92 Å². The molecule has 0 saturated carbocycles. The number of hydrogen-bond donors (Lipinski definition) is 1. The SMILES string of the molecule is COc1ccc(CNC(=O)CN(C(C)=O)c2c(C(C)C)cccc2C(C)C)cc1. The van der Waals surface area contributed by atoms with Crippen LogP contribution in [0.1, 0.15) is 63.1 Å². The third kappa shape index (κ3) is 5.83. The molecule has 0 aromatic heterocycles. The first-order valence-electron chi connectivity index (χ1n) is 10.0. The minimum atomic E-state index is -0.190. The molecule has 1 N–H and O–H groups in total. The van der Waals surface area contributed by atoms with Crippen LogP contribution in [0.2, 0.25) is 0 Å². The van der Waals surface area contributed by atoms with Gasteiger partial charge in [-0.05, 0) is 40.7 Å². The summed E-state index contributed by atoms with van der Waals surface area (Å²) in [6.45, 7) is 10.3. The highest BCUT2D eigenvalue weighted by atomic mass is 16.5. The Balaban J connectivity index is 2.21. The molecule has 29 heavy (non-hydrogen) atoms. The number of nitrogens with zero attached hydrogens (tertiary/aromatic N) is 1. The number of amides is 2. The lowest BCUT2D eigenvalue weighted by molar-refractivity contribution is -0.123. The molecule has 0 aliphatic rings. The predicted octanol–water partition coefficient (Wildman–Crippen LogP) is 4.61. The van der Waals surface area contributed by atoms with E-state index in [4.69, 9.17) is 4.74 Å². The molecule has 5 heteroatoms. The van der Waals surface area contributed by atoms with Gasteiger partial charge < -0.3 is 15.0 Å². The molecule has 0 aliphatic heterocycles. The molecule has 0 atom stereocenters. The normalized spacial score (nSPS) is 10.9. The Morgan fingerprint density at radius 2 is 1.52 bits per heavy atom. The number of rotatable bonds is 8. The maximum Gasteiger partial charge on any atom is 0.240 e. The van der Waals surface area contributed by atoms with E-state index in [1.54, 1.807) is 12.0 Å². The highest BCUT2D eigenvalue weighted by Crippen LogP contribution is 2.35. The van der Waals surface area contributed by atoms with Gasteiger partial charge in [-0.15, -0.1) is 0 Å². The van der Waals surface area contributed by atoms with Crippen molar-refractivity contribution in [2.24, 2.45) is 0 Å². The van der Waals surface area contributed by atoms with Crippen LogP contribution in [0.25, 0.3) is 0 Å². The number of benzene rings is 2. The van der Waals surface area contributed by atoms with Gasteiger partial charge in [0.15, 0.2) is 0 Å². The fourth-order valence-corrected chi connectivity index (χ4v) is 3.31. The van der Waals surface area contributed by atoms with Crippen molar-refractivity contribution >= 4 is 17.5 Å². The number of nitrogens with one attached hydrogen (secondary N) is 1. The lowest BCUT2D eigenvalue weighted by atomic mass is 9.91. The summed E-state index contributed by atoms with van der Waals surface area (Å²) in [6.07, 6.45) is 0. The topological polar surface area (TPSA) is 58.6 Å². The summed E-state index contributed by atoms with van der Waals surface area (Å²) in [5, 5.41) is 2.92. The van der Waals surface area contributed by atoms with E-state index in [0.717, 1.165) is 28.1 Å². The molecule has 2 rings (SSSR count). The van der Waals surface area contributed by atoms with E-state index in [-0.39, 0.29) is 30.2 Å². The zero-order valence-corrected chi connectivity index (χ0v) is 18.3. The molecular weight excluding hydrogens is 364 g/mol. The van der Waals surface area contributed by atoms with E-state index in [2.05, 4.69) is 33.0 Å². The molecule has 0 fully saturated rings. The second kappa shape index (κ2) is 10.1. The van der Waals surface area contributed by atoms with Gasteiger partial charge in [0.2, 0.25) is 11.8 Å². The van der Waals surface area contributed by atoms with Crippen LogP contribution in [0.5, 0.6) is 5.75 Å². The zero-order chi connectivity index (χ0) is 21.6. The number of methoxy groups -OCH3 is 1. The first-order valence-corrected chi connectivity index (χ1v) is 10.0. The molecule has 0 heterocycles. The highest BCUT2D eigenvalue weighted by Gasteiger charge is 2.24. The standard InChI is InChI=1S/C24H32N2O3/c1-16(2)21-8-7-9-22(17(3)4)24(21)26(18(5)27)15-23(28)25-14-19-10-12-20(29-6)13-11-19/h7-13,16-17H,14-15H2,1-6H3,(H,25,28). The fourth-order valence-electron chi connectivity index (χ4n) is 3.31. The van der Waals surface area contributed by atoms with Gasteiger partial charge in [-0.1, -0.05) is 58.0 Å². The third-order valence-corrected chi connectivity index (χ3v) is 4.94. The second-order valence-electron chi connectivity index (χ2n) is 7.82. The van der Waals surface area contributed by atoms with Crippen molar-refractivity contribution in [1.29, 1.82) is 0 Å². The molecular formula is C24H32N2O3. The number of hydrogen-bond acceptors (Lipinski definition) is 3. The van der Waals surface area contributed by atoms with Crippen LogP contribution < -0.4 is 15.0 Å². The number of ether oxygens (including phenoxy) is 1. The van der Waals surface area contributed by atoms with E-state index < -0.39 is 0 Å². The maximum absolute atomic E-state index is 12.7. The summed E-state index contributed by atoms with van der Waals surface area (Å²) < 4.78 is 5.15. The van der Waals surface area contributed by atoms with Crippen LogP contribution in [-0.4, -0.2) is 25.5 Å². The Kier molecular flexibility index (Phi) is 7.82. The molecule has 2 aromatic rings. The molecule has 0 spiro atoms. The Bertz CT molecular complexity index is 815. The number of anilines is 1. The van der Waals surface area contributed by atoms with Crippen LogP contribution in [-0.2, 0) is 16.1 Å². The van der Waals surface area contributed by atoms with Crippen molar-refractivity contribution in [2.75, 3.05) is 18.6 Å². The first kappa shape index (κ1) is 22.5. The quantitative estimate of drug-likeness (QED) is 0.709. The number of para-hydroxylation sites is 1. The first-order chi connectivity index (χ1) is 13.7. The zero-order valence-electron chi connectivity index (χ0n) is 18.3. The van der Waals surface area contributed by atoms with Crippen LogP contribution in [0.3, 0.4) is 0 Å². The van der Waals surface area contributed by atoms with Crippen LogP contribution in [0.15, 0.2) is 42.5 Å². The Morgan fingerprint density at radius 1 is 0.966 bits per heavy atom. The van der Waals surface area contributed by atoms with Gasteiger partial charge in [-0.25, -0.2) is 0 Å². The molecule has 0 bridgehead atoms. The molecule has 2 aromatic carbocycles. The van der Waals surface area contributed by atoms with Gasteiger partial charge in [0.1, 0.15) is 12.3 Å². The maximum atomic E-state index is 12.7. The van der Waals surface area contributed by atoms with Gasteiger partial charge in [0.25, 0.3) is 0 Å². The Labute approximate surface area is 174 Å². The molecule has 0 radical (unpaired) electrons. The summed E-state index contributed by atoms with van der Waals surface area (Å²) in [5.41, 5.74) is 3.99. The van der Waals surface area contributed by atoms with Crippen molar-refractivity contribution in [3.8, 4) is 5.75 Å². The predicted molar refractivity (Wildman–Crippen MR) is 117 cm³/mol. The molecule has 0 aliphatic carbocycles. The van der Waals surface area contributed by atoms with E-state index >= 15 is 0 Å². The fraction of sp³-hybridized carbons (Fsp3) is 0.417. The summed E-state index contributed by atoms with van der Waals surface area (Å²) >= 11 is 0. The molecule has 0 unspecified atom stereocenters. The van der Waals surface area contributed by atoms with Gasteiger partial charge >= 0.3 is 0 Å². The van der Waals surface area contributed by atoms with Crippen molar-refractivity contribution in [3.63, 3.8) is 0 Å². The lowest BCUT2D eigenvalue weighted by Gasteiger charge is -2.29. The smallest absolute Gasteiger partial charge is 0.240 e. The average Bonchev–Trinajstić information content (AvgIpc) is 2.69. The summed E-state index contributed by atoms with van der Waals surface area (Å²) in [7, 11) is 1.62. The summed E-state index contributed by atoms with van der Waals surface area (Å²) in [4.78, 5) is 26.8.